The number of anilines is 1. The predicted molar refractivity (Wildman–Crippen MR) is 65.1 cm³/mol. The lowest BCUT2D eigenvalue weighted by Gasteiger charge is -2.21. The van der Waals surface area contributed by atoms with Crippen LogP contribution in [0.25, 0.3) is 0 Å². The van der Waals surface area contributed by atoms with Gasteiger partial charge in [0.2, 0.25) is 0 Å². The van der Waals surface area contributed by atoms with Gasteiger partial charge in [0.05, 0.1) is 0 Å². The minimum Gasteiger partial charge on any atom is -0.371 e. The monoisotopic (exact) mass is 273 g/mol. The Hall–Kier alpha value is -0.210. The molecule has 1 saturated carbocycles. The summed E-state index contributed by atoms with van der Waals surface area (Å²) < 4.78 is 1.10. The van der Waals surface area contributed by atoms with Gasteiger partial charge in [0.15, 0.2) is 0 Å². The summed E-state index contributed by atoms with van der Waals surface area (Å²) in [6, 6.07) is 7.05. The van der Waals surface area contributed by atoms with Crippen LogP contribution in [-0.4, -0.2) is 13.1 Å². The highest BCUT2D eigenvalue weighted by Crippen LogP contribution is 2.33. The van der Waals surface area contributed by atoms with Gasteiger partial charge in [-0.15, -0.1) is 11.6 Å². The van der Waals surface area contributed by atoms with Crippen molar-refractivity contribution >= 4 is 33.2 Å². The SMILES string of the molecule is CN(c1ccc(Br)cc1CCl)C1CC1. The zero-order valence-electron chi connectivity index (χ0n) is 8.13. The molecule has 3 heteroatoms. The summed E-state index contributed by atoms with van der Waals surface area (Å²) in [7, 11) is 2.15. The molecular weight excluding hydrogens is 261 g/mol. The van der Waals surface area contributed by atoms with Crippen LogP contribution in [0.3, 0.4) is 0 Å². The van der Waals surface area contributed by atoms with E-state index in [1.807, 2.05) is 0 Å². The number of benzene rings is 1. The smallest absolute Gasteiger partial charge is 0.0494 e. The molecular formula is C11H13BrClN. The van der Waals surface area contributed by atoms with Crippen molar-refractivity contribution in [3.05, 3.63) is 28.2 Å². The van der Waals surface area contributed by atoms with Crippen LogP contribution in [-0.2, 0) is 5.88 Å². The third kappa shape index (κ3) is 2.06. The first-order valence-electron chi connectivity index (χ1n) is 4.79. The fraction of sp³-hybridized carbons (Fsp3) is 0.455. The van der Waals surface area contributed by atoms with E-state index in [0.29, 0.717) is 5.88 Å². The van der Waals surface area contributed by atoms with E-state index in [4.69, 9.17) is 11.6 Å². The van der Waals surface area contributed by atoms with Crippen molar-refractivity contribution < 1.29 is 0 Å². The summed E-state index contributed by atoms with van der Waals surface area (Å²) in [6.07, 6.45) is 2.63. The normalized spacial score (nSPS) is 15.6. The highest BCUT2D eigenvalue weighted by molar-refractivity contribution is 9.10. The van der Waals surface area contributed by atoms with E-state index < -0.39 is 0 Å². The lowest BCUT2D eigenvalue weighted by Crippen LogP contribution is -2.20. The van der Waals surface area contributed by atoms with Gasteiger partial charge in [-0.1, -0.05) is 15.9 Å². The van der Waals surface area contributed by atoms with Crippen LogP contribution in [0.2, 0.25) is 0 Å². The number of hydrogen-bond donors (Lipinski definition) is 0. The topological polar surface area (TPSA) is 3.24 Å². The molecule has 0 N–H and O–H groups in total. The average Bonchev–Trinajstić information content (AvgIpc) is 3.00. The maximum absolute atomic E-state index is 5.93. The molecule has 1 fully saturated rings. The van der Waals surface area contributed by atoms with Crippen LogP contribution < -0.4 is 4.90 Å². The highest BCUT2D eigenvalue weighted by Gasteiger charge is 2.27. The van der Waals surface area contributed by atoms with Gasteiger partial charge in [0.1, 0.15) is 0 Å². The number of hydrogen-bond acceptors (Lipinski definition) is 1. The first kappa shape index (κ1) is 10.3. The zero-order chi connectivity index (χ0) is 10.1. The summed E-state index contributed by atoms with van der Waals surface area (Å²) in [5, 5.41) is 0. The summed E-state index contributed by atoms with van der Waals surface area (Å²) in [4.78, 5) is 2.34. The summed E-state index contributed by atoms with van der Waals surface area (Å²) in [6.45, 7) is 0. The van der Waals surface area contributed by atoms with Gasteiger partial charge in [0, 0.05) is 29.1 Å². The number of nitrogens with zero attached hydrogens (tertiary/aromatic N) is 1. The Morgan fingerprint density at radius 2 is 2.21 bits per heavy atom. The molecule has 0 aromatic heterocycles. The standard InChI is InChI=1S/C11H13BrClN/c1-14(10-3-4-10)11-5-2-9(12)6-8(11)7-13/h2,5-6,10H,3-4,7H2,1H3. The molecule has 1 aliphatic rings. The van der Waals surface area contributed by atoms with Crippen molar-refractivity contribution in [1.29, 1.82) is 0 Å². The molecule has 2 rings (SSSR count). The fourth-order valence-electron chi connectivity index (χ4n) is 1.66. The van der Waals surface area contributed by atoms with Gasteiger partial charge >= 0.3 is 0 Å². The molecule has 0 bridgehead atoms. The maximum atomic E-state index is 5.93. The van der Waals surface area contributed by atoms with E-state index >= 15 is 0 Å². The van der Waals surface area contributed by atoms with Crippen LogP contribution in [0, 0.1) is 0 Å². The summed E-state index contributed by atoms with van der Waals surface area (Å²) in [5.74, 6) is 0.575. The molecule has 1 aromatic rings. The Kier molecular flexibility index (Phi) is 3.03. The van der Waals surface area contributed by atoms with Crippen LogP contribution in [0.5, 0.6) is 0 Å². The van der Waals surface area contributed by atoms with Gasteiger partial charge in [-0.3, -0.25) is 0 Å². The molecule has 1 aromatic carbocycles. The Balaban J connectivity index is 2.30. The van der Waals surface area contributed by atoms with Gasteiger partial charge in [0.25, 0.3) is 0 Å². The molecule has 0 heterocycles. The molecule has 0 unspecified atom stereocenters. The van der Waals surface area contributed by atoms with Gasteiger partial charge < -0.3 is 4.90 Å². The van der Waals surface area contributed by atoms with Crippen molar-refractivity contribution in [2.75, 3.05) is 11.9 Å². The third-order valence-electron chi connectivity index (χ3n) is 2.66. The van der Waals surface area contributed by atoms with Crippen molar-refractivity contribution in [2.24, 2.45) is 0 Å². The largest absolute Gasteiger partial charge is 0.371 e. The van der Waals surface area contributed by atoms with Gasteiger partial charge in [-0.05, 0) is 36.6 Å². The zero-order valence-corrected chi connectivity index (χ0v) is 10.5. The molecule has 1 aliphatic carbocycles. The Morgan fingerprint density at radius 1 is 1.50 bits per heavy atom. The molecule has 76 valence electrons. The Morgan fingerprint density at radius 3 is 2.79 bits per heavy atom. The van der Waals surface area contributed by atoms with E-state index in [1.54, 1.807) is 0 Å². The van der Waals surface area contributed by atoms with Crippen LogP contribution in [0.4, 0.5) is 5.69 Å². The molecule has 0 aliphatic heterocycles. The minimum atomic E-state index is 0.575. The van der Waals surface area contributed by atoms with E-state index in [1.165, 1.54) is 24.1 Å². The van der Waals surface area contributed by atoms with Gasteiger partial charge in [-0.2, -0.15) is 0 Å². The second-order valence-corrected chi connectivity index (χ2v) is 4.93. The summed E-state index contributed by atoms with van der Waals surface area (Å²) in [5.41, 5.74) is 2.47. The molecule has 14 heavy (non-hydrogen) atoms. The molecule has 0 atom stereocenters. The van der Waals surface area contributed by atoms with Crippen molar-refractivity contribution in [3.8, 4) is 0 Å². The van der Waals surface area contributed by atoms with Crippen molar-refractivity contribution in [3.63, 3.8) is 0 Å². The van der Waals surface area contributed by atoms with Crippen LogP contribution >= 0.6 is 27.5 Å². The molecule has 0 saturated heterocycles. The molecule has 0 spiro atoms. The number of rotatable bonds is 3. The predicted octanol–water partition coefficient (Wildman–Crippen LogP) is 3.79. The van der Waals surface area contributed by atoms with E-state index in [2.05, 4.69) is 46.1 Å². The number of halogens is 2. The fourth-order valence-corrected chi connectivity index (χ4v) is 2.29. The van der Waals surface area contributed by atoms with Crippen LogP contribution in [0.1, 0.15) is 18.4 Å². The minimum absolute atomic E-state index is 0.575. The Bertz CT molecular complexity index is 336. The molecule has 0 radical (unpaired) electrons. The lowest BCUT2D eigenvalue weighted by atomic mass is 10.2. The lowest BCUT2D eigenvalue weighted by molar-refractivity contribution is 0.910. The third-order valence-corrected chi connectivity index (χ3v) is 3.44. The second-order valence-electron chi connectivity index (χ2n) is 3.75. The average molecular weight is 275 g/mol. The molecule has 1 nitrogen and oxygen atoms in total. The maximum Gasteiger partial charge on any atom is 0.0494 e. The second kappa shape index (κ2) is 4.11. The van der Waals surface area contributed by atoms with Crippen molar-refractivity contribution in [2.45, 2.75) is 24.8 Å². The molecule has 0 amide bonds. The van der Waals surface area contributed by atoms with E-state index in [9.17, 15) is 0 Å². The highest BCUT2D eigenvalue weighted by atomic mass is 79.9. The van der Waals surface area contributed by atoms with Gasteiger partial charge in [-0.25, -0.2) is 0 Å². The van der Waals surface area contributed by atoms with Crippen molar-refractivity contribution in [1.82, 2.24) is 0 Å². The summed E-state index contributed by atoms with van der Waals surface area (Å²) >= 11 is 9.39. The first-order chi connectivity index (χ1) is 6.72. The van der Waals surface area contributed by atoms with Crippen LogP contribution in [0.15, 0.2) is 22.7 Å². The first-order valence-corrected chi connectivity index (χ1v) is 6.12. The Labute approximate surface area is 98.2 Å². The quantitative estimate of drug-likeness (QED) is 0.758. The number of alkyl halides is 1. The van der Waals surface area contributed by atoms with E-state index in [-0.39, 0.29) is 0 Å². The van der Waals surface area contributed by atoms with E-state index in [0.717, 1.165) is 10.5 Å².